The largest absolute Gasteiger partial charge is 0.701 e. The summed E-state index contributed by atoms with van der Waals surface area (Å²) in [6.45, 7) is 4.76. The maximum absolute atomic E-state index is 13.5. The summed E-state index contributed by atoms with van der Waals surface area (Å²) in [6, 6.07) is 22.8. The molecule has 51 heavy (non-hydrogen) atoms. The molecule has 0 aliphatic heterocycles. The average Bonchev–Trinajstić information content (AvgIpc) is 3.83. The highest BCUT2D eigenvalue weighted by molar-refractivity contribution is 7.33. The SMILES string of the molecule is CC(C)(C)C(=O)OCO[P+](=O)OC[C@@H](/C=C1/CCC[C@H]1C(=O)NCCc1c[nH]c2ccccc12)NC(=O)OC1c2ccccc2-c2ccccc21. The Kier molecular flexibility index (Phi) is 11.3. The first-order chi connectivity index (χ1) is 24.6. The van der Waals surface area contributed by atoms with E-state index in [-0.39, 0.29) is 18.4 Å². The van der Waals surface area contributed by atoms with Crippen LogP contribution in [-0.4, -0.2) is 48.9 Å². The van der Waals surface area contributed by atoms with E-state index in [0.717, 1.165) is 50.7 Å². The number of rotatable bonds is 13. The lowest BCUT2D eigenvalue weighted by molar-refractivity contribution is -0.159. The molecule has 11 nitrogen and oxygen atoms in total. The molecule has 2 aliphatic carbocycles. The highest BCUT2D eigenvalue weighted by Crippen LogP contribution is 2.45. The molecule has 0 bridgehead atoms. The zero-order valence-electron chi connectivity index (χ0n) is 29.0. The van der Waals surface area contributed by atoms with Crippen LogP contribution in [0.5, 0.6) is 0 Å². The minimum atomic E-state index is -2.70. The molecule has 3 atom stereocenters. The summed E-state index contributed by atoms with van der Waals surface area (Å²) in [5.74, 6) is -0.987. The molecule has 0 saturated heterocycles. The lowest BCUT2D eigenvalue weighted by atomic mass is 9.98. The first-order valence-corrected chi connectivity index (χ1v) is 18.3. The van der Waals surface area contributed by atoms with Gasteiger partial charge in [0.2, 0.25) is 12.7 Å². The van der Waals surface area contributed by atoms with Gasteiger partial charge in [-0.3, -0.25) is 9.59 Å². The van der Waals surface area contributed by atoms with Crippen molar-refractivity contribution in [3.63, 3.8) is 0 Å². The molecule has 2 amide bonds. The number of hydrogen-bond acceptors (Lipinski definition) is 8. The van der Waals surface area contributed by atoms with Crippen molar-refractivity contribution in [1.29, 1.82) is 0 Å². The number of benzene rings is 3. The number of ether oxygens (including phenoxy) is 2. The van der Waals surface area contributed by atoms with Crippen molar-refractivity contribution < 1.29 is 37.5 Å². The second-order valence-corrected chi connectivity index (χ2v) is 14.7. The van der Waals surface area contributed by atoms with E-state index in [4.69, 9.17) is 18.5 Å². The van der Waals surface area contributed by atoms with Gasteiger partial charge in [0.1, 0.15) is 6.61 Å². The molecular formula is C39H43N3O8P+. The number of carbonyl (C=O) groups excluding carboxylic acids is 3. The van der Waals surface area contributed by atoms with Crippen molar-refractivity contribution in [2.45, 2.75) is 58.6 Å². The van der Waals surface area contributed by atoms with E-state index in [1.807, 2.05) is 72.9 Å². The van der Waals surface area contributed by atoms with E-state index in [9.17, 15) is 18.9 Å². The first kappa shape index (κ1) is 36.0. The first-order valence-electron chi connectivity index (χ1n) is 17.2. The van der Waals surface area contributed by atoms with Crippen LogP contribution in [0.15, 0.2) is 90.6 Å². The zero-order valence-corrected chi connectivity index (χ0v) is 29.9. The molecule has 12 heteroatoms. The molecule has 1 fully saturated rings. The number of fused-ring (bicyclic) bond motifs is 4. The lowest BCUT2D eigenvalue weighted by Gasteiger charge is -2.20. The number of para-hydroxylation sites is 1. The van der Waals surface area contributed by atoms with Crippen LogP contribution in [0, 0.1) is 11.3 Å². The van der Waals surface area contributed by atoms with Gasteiger partial charge in [-0.15, -0.1) is 4.52 Å². The third-order valence-corrected chi connectivity index (χ3v) is 9.81. The van der Waals surface area contributed by atoms with Crippen LogP contribution >= 0.6 is 8.25 Å². The summed E-state index contributed by atoms with van der Waals surface area (Å²) < 4.78 is 34.2. The van der Waals surface area contributed by atoms with Crippen molar-refractivity contribution >= 4 is 37.1 Å². The Labute approximate surface area is 298 Å². The fraction of sp³-hybridized carbons (Fsp3) is 0.359. The Morgan fingerprint density at radius 1 is 0.961 bits per heavy atom. The molecule has 2 aliphatic rings. The van der Waals surface area contributed by atoms with Gasteiger partial charge in [-0.1, -0.05) is 82.9 Å². The monoisotopic (exact) mass is 712 g/mol. The third kappa shape index (κ3) is 8.73. The molecule has 3 aromatic carbocycles. The highest BCUT2D eigenvalue weighted by Gasteiger charge is 2.34. The van der Waals surface area contributed by atoms with Crippen LogP contribution in [0.25, 0.3) is 22.0 Å². The number of esters is 1. The Morgan fingerprint density at radius 3 is 2.37 bits per heavy atom. The van der Waals surface area contributed by atoms with Crippen molar-refractivity contribution in [3.05, 3.63) is 107 Å². The van der Waals surface area contributed by atoms with Crippen molar-refractivity contribution in [3.8, 4) is 11.1 Å². The molecule has 1 saturated carbocycles. The molecule has 0 spiro atoms. The molecule has 4 aromatic rings. The summed E-state index contributed by atoms with van der Waals surface area (Å²) in [5.41, 5.74) is 6.03. The van der Waals surface area contributed by atoms with Crippen LogP contribution < -0.4 is 10.6 Å². The number of amides is 2. The number of aromatic nitrogens is 1. The van der Waals surface area contributed by atoms with Gasteiger partial charge in [-0.05, 0) is 69.2 Å². The van der Waals surface area contributed by atoms with Crippen molar-refractivity contribution in [2.75, 3.05) is 19.9 Å². The van der Waals surface area contributed by atoms with E-state index in [1.165, 1.54) is 0 Å². The molecule has 1 heterocycles. The van der Waals surface area contributed by atoms with E-state index in [0.29, 0.717) is 25.8 Å². The molecule has 0 radical (unpaired) electrons. The minimum absolute atomic E-state index is 0.0879. The smallest absolute Gasteiger partial charge is 0.436 e. The second kappa shape index (κ2) is 16.0. The van der Waals surface area contributed by atoms with Crippen molar-refractivity contribution in [2.24, 2.45) is 11.3 Å². The van der Waals surface area contributed by atoms with Crippen LogP contribution in [-0.2, 0) is 39.1 Å². The standard InChI is InChI=1S/C39H42N3O8P/c1-39(2,3)37(44)47-24-49-51(46)48-23-27(42-38(45)50-35-32-15-6-4-13-30(32)31-14-5-7-16-33(31)35)21-25-11-10-17-29(25)36(43)40-20-19-26-22-41-34-18-9-8-12-28(26)34/h4-9,12-16,18,21-22,27,29,35,41H,10-11,17,19-20,23-24H2,1-3H3,(H-,40,42,43,45)/p+1/b25-21-/t27-,29-/m1/s1. The van der Waals surface area contributed by atoms with E-state index < -0.39 is 44.7 Å². The Morgan fingerprint density at radius 2 is 1.65 bits per heavy atom. The number of nitrogens with one attached hydrogen (secondary N) is 3. The summed E-state index contributed by atoms with van der Waals surface area (Å²) in [7, 11) is -2.70. The van der Waals surface area contributed by atoms with E-state index in [1.54, 1.807) is 26.8 Å². The van der Waals surface area contributed by atoms with Gasteiger partial charge in [-0.25, -0.2) is 4.79 Å². The summed E-state index contributed by atoms with van der Waals surface area (Å²) >= 11 is 0. The Bertz CT molecular complexity index is 1900. The molecule has 6 rings (SSSR count). The fourth-order valence-electron chi connectivity index (χ4n) is 6.59. The van der Waals surface area contributed by atoms with Crippen LogP contribution in [0.3, 0.4) is 0 Å². The highest BCUT2D eigenvalue weighted by atomic mass is 31.1. The van der Waals surface area contributed by atoms with E-state index in [2.05, 4.69) is 21.7 Å². The number of hydrogen-bond donors (Lipinski definition) is 3. The van der Waals surface area contributed by atoms with Gasteiger partial charge < -0.3 is 25.1 Å². The normalized spacial score (nSPS) is 17.1. The van der Waals surface area contributed by atoms with Gasteiger partial charge in [0.15, 0.2) is 6.10 Å². The Balaban J connectivity index is 1.12. The van der Waals surface area contributed by atoms with Crippen LogP contribution in [0.2, 0.25) is 0 Å². The fourth-order valence-corrected chi connectivity index (χ4v) is 7.08. The maximum Gasteiger partial charge on any atom is 0.701 e. The Hall–Kier alpha value is -4.83. The number of aromatic amines is 1. The molecule has 3 N–H and O–H groups in total. The van der Waals surface area contributed by atoms with Gasteiger partial charge in [-0.2, -0.15) is 0 Å². The molecule has 266 valence electrons. The average molecular weight is 713 g/mol. The quantitative estimate of drug-likeness (QED) is 0.0555. The summed E-state index contributed by atoms with van der Waals surface area (Å²) in [4.78, 5) is 42.2. The lowest BCUT2D eigenvalue weighted by Crippen LogP contribution is -2.38. The second-order valence-electron chi connectivity index (χ2n) is 13.7. The van der Waals surface area contributed by atoms with E-state index >= 15 is 0 Å². The van der Waals surface area contributed by atoms with Crippen LogP contribution in [0.1, 0.15) is 62.8 Å². The summed E-state index contributed by atoms with van der Waals surface area (Å²) in [6.07, 6.45) is 5.23. The molecule has 1 aromatic heterocycles. The zero-order chi connectivity index (χ0) is 36.0. The van der Waals surface area contributed by atoms with Gasteiger partial charge in [0.25, 0.3) is 0 Å². The van der Waals surface area contributed by atoms with Crippen molar-refractivity contribution in [1.82, 2.24) is 15.6 Å². The summed E-state index contributed by atoms with van der Waals surface area (Å²) in [5, 5.41) is 7.07. The van der Waals surface area contributed by atoms with Gasteiger partial charge >= 0.3 is 20.3 Å². The number of carbonyl (C=O) groups is 3. The predicted molar refractivity (Wildman–Crippen MR) is 193 cm³/mol. The molecule has 1 unspecified atom stereocenters. The number of alkyl carbamates (subject to hydrolysis) is 1. The third-order valence-electron chi connectivity index (χ3n) is 9.13. The maximum atomic E-state index is 13.5. The number of H-pyrrole nitrogens is 1. The molecular weight excluding hydrogens is 669 g/mol. The minimum Gasteiger partial charge on any atom is -0.436 e. The van der Waals surface area contributed by atoms with Gasteiger partial charge in [0, 0.05) is 39.3 Å². The topological polar surface area (TPSA) is 145 Å². The predicted octanol–water partition coefficient (Wildman–Crippen LogP) is 7.66. The van der Waals surface area contributed by atoms with Crippen LogP contribution in [0.4, 0.5) is 4.79 Å². The van der Waals surface area contributed by atoms with Gasteiger partial charge in [0.05, 0.1) is 17.4 Å².